The molecule has 13 heavy (non-hydrogen) atoms. The molecule has 0 aliphatic carbocycles. The SMILES string of the molecule is Cc1scc(C(=O)CC(C)C)c1C. The van der Waals surface area contributed by atoms with Crippen LogP contribution in [-0.4, -0.2) is 5.78 Å². The molecule has 0 N–H and O–H groups in total. The van der Waals surface area contributed by atoms with Crippen molar-refractivity contribution < 1.29 is 4.79 Å². The Balaban J connectivity index is 2.83. The Hall–Kier alpha value is -0.630. The summed E-state index contributed by atoms with van der Waals surface area (Å²) in [7, 11) is 0. The molecule has 72 valence electrons. The summed E-state index contributed by atoms with van der Waals surface area (Å²) in [4.78, 5) is 13.0. The summed E-state index contributed by atoms with van der Waals surface area (Å²) in [5, 5.41) is 1.98. The molecule has 0 saturated heterocycles. The highest BCUT2D eigenvalue weighted by molar-refractivity contribution is 7.10. The molecule has 0 aliphatic rings. The van der Waals surface area contributed by atoms with Crippen LogP contribution in [0, 0.1) is 19.8 Å². The van der Waals surface area contributed by atoms with Crippen LogP contribution in [0.5, 0.6) is 0 Å². The number of hydrogen-bond donors (Lipinski definition) is 0. The van der Waals surface area contributed by atoms with Crippen LogP contribution in [0.1, 0.15) is 41.1 Å². The third-order valence-electron chi connectivity index (χ3n) is 2.18. The minimum Gasteiger partial charge on any atom is -0.294 e. The number of aryl methyl sites for hydroxylation is 1. The van der Waals surface area contributed by atoms with Gasteiger partial charge in [0.1, 0.15) is 0 Å². The van der Waals surface area contributed by atoms with Gasteiger partial charge in [0, 0.05) is 22.2 Å². The van der Waals surface area contributed by atoms with E-state index in [1.54, 1.807) is 11.3 Å². The second kappa shape index (κ2) is 4.05. The molecule has 0 saturated carbocycles. The van der Waals surface area contributed by atoms with Gasteiger partial charge >= 0.3 is 0 Å². The van der Waals surface area contributed by atoms with Gasteiger partial charge in [0.15, 0.2) is 5.78 Å². The number of thiophene rings is 1. The van der Waals surface area contributed by atoms with E-state index in [0.29, 0.717) is 12.3 Å². The van der Waals surface area contributed by atoms with Crippen LogP contribution >= 0.6 is 11.3 Å². The minimum absolute atomic E-state index is 0.289. The van der Waals surface area contributed by atoms with Gasteiger partial charge in [-0.2, -0.15) is 0 Å². The molecule has 0 fully saturated rings. The third-order valence-corrected chi connectivity index (χ3v) is 3.19. The fourth-order valence-corrected chi connectivity index (χ4v) is 2.16. The van der Waals surface area contributed by atoms with Gasteiger partial charge < -0.3 is 0 Å². The Morgan fingerprint density at radius 2 is 2.08 bits per heavy atom. The maximum atomic E-state index is 11.7. The summed E-state index contributed by atoms with van der Waals surface area (Å²) >= 11 is 1.67. The Labute approximate surface area is 83.8 Å². The smallest absolute Gasteiger partial charge is 0.164 e. The Kier molecular flexibility index (Phi) is 3.26. The van der Waals surface area contributed by atoms with Crippen LogP contribution in [0.3, 0.4) is 0 Å². The molecule has 1 rings (SSSR count). The number of hydrogen-bond acceptors (Lipinski definition) is 2. The van der Waals surface area contributed by atoms with Crippen LogP contribution in [0.4, 0.5) is 0 Å². The van der Waals surface area contributed by atoms with Crippen molar-refractivity contribution in [1.82, 2.24) is 0 Å². The Morgan fingerprint density at radius 3 is 2.46 bits per heavy atom. The van der Waals surface area contributed by atoms with E-state index in [0.717, 1.165) is 11.1 Å². The van der Waals surface area contributed by atoms with Gasteiger partial charge in [-0.25, -0.2) is 0 Å². The van der Waals surface area contributed by atoms with Crippen molar-refractivity contribution in [3.63, 3.8) is 0 Å². The lowest BCUT2D eigenvalue weighted by atomic mass is 10.0. The second-order valence-electron chi connectivity index (χ2n) is 3.85. The summed E-state index contributed by atoms with van der Waals surface area (Å²) in [5.74, 6) is 0.740. The van der Waals surface area contributed by atoms with E-state index in [4.69, 9.17) is 0 Å². The number of Topliss-reactive ketones (excluding diaryl/α,β-unsaturated/α-hetero) is 1. The molecule has 1 heterocycles. The molecule has 0 radical (unpaired) electrons. The van der Waals surface area contributed by atoms with Gasteiger partial charge in [-0.3, -0.25) is 4.79 Å². The summed E-state index contributed by atoms with van der Waals surface area (Å²) in [6, 6.07) is 0. The van der Waals surface area contributed by atoms with Crippen LogP contribution in [0.2, 0.25) is 0 Å². The maximum Gasteiger partial charge on any atom is 0.164 e. The first kappa shape index (κ1) is 10.5. The summed E-state index contributed by atoms with van der Waals surface area (Å²) in [5.41, 5.74) is 2.09. The zero-order valence-corrected chi connectivity index (χ0v) is 9.49. The molecule has 0 atom stereocenters. The molecular formula is C11H16OS. The standard InChI is InChI=1S/C11H16OS/c1-7(2)5-11(12)10-6-13-9(4)8(10)3/h6-7H,5H2,1-4H3. The zero-order valence-electron chi connectivity index (χ0n) is 8.68. The lowest BCUT2D eigenvalue weighted by Crippen LogP contribution is -2.03. The number of rotatable bonds is 3. The first-order chi connectivity index (χ1) is 6.02. The number of carbonyl (C=O) groups is 1. The first-order valence-electron chi connectivity index (χ1n) is 4.60. The molecule has 0 amide bonds. The van der Waals surface area contributed by atoms with Gasteiger partial charge in [0.2, 0.25) is 0 Å². The second-order valence-corrected chi connectivity index (χ2v) is 4.94. The van der Waals surface area contributed by atoms with Crippen LogP contribution in [0.25, 0.3) is 0 Å². The molecule has 0 unspecified atom stereocenters. The summed E-state index contributed by atoms with van der Waals surface area (Å²) in [6.07, 6.45) is 0.664. The third kappa shape index (κ3) is 2.41. The Bertz CT molecular complexity index is 310. The summed E-state index contributed by atoms with van der Waals surface area (Å²) < 4.78 is 0. The molecule has 0 aliphatic heterocycles. The molecular weight excluding hydrogens is 180 g/mol. The molecule has 0 spiro atoms. The zero-order chi connectivity index (χ0) is 10.0. The summed E-state index contributed by atoms with van der Waals surface area (Å²) in [6.45, 7) is 8.24. The van der Waals surface area contributed by atoms with E-state index in [9.17, 15) is 4.79 Å². The molecule has 0 bridgehead atoms. The van der Waals surface area contributed by atoms with Crippen molar-refractivity contribution in [3.8, 4) is 0 Å². The maximum absolute atomic E-state index is 11.7. The fourth-order valence-electron chi connectivity index (χ4n) is 1.27. The van der Waals surface area contributed by atoms with E-state index in [1.165, 1.54) is 4.88 Å². The average Bonchev–Trinajstić information content (AvgIpc) is 2.31. The quantitative estimate of drug-likeness (QED) is 0.675. The highest BCUT2D eigenvalue weighted by Crippen LogP contribution is 2.22. The van der Waals surface area contributed by atoms with E-state index in [1.807, 2.05) is 12.3 Å². The minimum atomic E-state index is 0.289. The topological polar surface area (TPSA) is 17.1 Å². The predicted molar refractivity (Wildman–Crippen MR) is 57.6 cm³/mol. The number of carbonyl (C=O) groups excluding carboxylic acids is 1. The van der Waals surface area contributed by atoms with Crippen molar-refractivity contribution in [3.05, 3.63) is 21.4 Å². The predicted octanol–water partition coefficient (Wildman–Crippen LogP) is 3.59. The normalized spacial score (nSPS) is 10.8. The van der Waals surface area contributed by atoms with Gasteiger partial charge in [0.05, 0.1) is 0 Å². The van der Waals surface area contributed by atoms with Crippen molar-refractivity contribution >= 4 is 17.1 Å². The highest BCUT2D eigenvalue weighted by atomic mass is 32.1. The van der Waals surface area contributed by atoms with Crippen molar-refractivity contribution in [2.45, 2.75) is 34.1 Å². The highest BCUT2D eigenvalue weighted by Gasteiger charge is 2.13. The van der Waals surface area contributed by atoms with Gasteiger partial charge in [-0.05, 0) is 25.3 Å². The van der Waals surface area contributed by atoms with Crippen LogP contribution in [0.15, 0.2) is 5.38 Å². The van der Waals surface area contributed by atoms with Crippen LogP contribution in [-0.2, 0) is 0 Å². The lowest BCUT2D eigenvalue weighted by molar-refractivity contribution is 0.0967. The van der Waals surface area contributed by atoms with E-state index in [2.05, 4.69) is 20.8 Å². The average molecular weight is 196 g/mol. The van der Waals surface area contributed by atoms with E-state index < -0.39 is 0 Å². The van der Waals surface area contributed by atoms with Gasteiger partial charge in [0.25, 0.3) is 0 Å². The number of ketones is 1. The molecule has 1 aromatic heterocycles. The Morgan fingerprint density at radius 1 is 1.46 bits per heavy atom. The van der Waals surface area contributed by atoms with Crippen molar-refractivity contribution in [2.75, 3.05) is 0 Å². The van der Waals surface area contributed by atoms with E-state index in [-0.39, 0.29) is 5.78 Å². The van der Waals surface area contributed by atoms with Gasteiger partial charge in [-0.15, -0.1) is 11.3 Å². The molecule has 2 heteroatoms. The van der Waals surface area contributed by atoms with E-state index >= 15 is 0 Å². The fraction of sp³-hybridized carbons (Fsp3) is 0.545. The van der Waals surface area contributed by atoms with Crippen molar-refractivity contribution in [2.24, 2.45) is 5.92 Å². The largest absolute Gasteiger partial charge is 0.294 e. The molecule has 1 nitrogen and oxygen atoms in total. The van der Waals surface area contributed by atoms with Crippen molar-refractivity contribution in [1.29, 1.82) is 0 Å². The lowest BCUT2D eigenvalue weighted by Gasteiger charge is -2.03. The first-order valence-corrected chi connectivity index (χ1v) is 5.48. The molecule has 1 aromatic rings. The monoisotopic (exact) mass is 196 g/mol. The molecule has 0 aromatic carbocycles. The van der Waals surface area contributed by atoms with Crippen LogP contribution < -0.4 is 0 Å². The van der Waals surface area contributed by atoms with Gasteiger partial charge in [-0.1, -0.05) is 13.8 Å².